The third-order valence-electron chi connectivity index (χ3n) is 12.2. The van der Waals surface area contributed by atoms with Gasteiger partial charge in [0.15, 0.2) is 11.4 Å². The molecule has 2 aromatic carbocycles. The van der Waals surface area contributed by atoms with Crippen molar-refractivity contribution >= 4 is 47.0 Å². The first kappa shape index (κ1) is 39.3. The van der Waals surface area contributed by atoms with Crippen LogP contribution in [0.1, 0.15) is 105 Å². The molecule has 5 aliphatic rings. The molecule has 298 valence electrons. The largest absolute Gasteiger partial charge is 0.337 e. The maximum absolute atomic E-state index is 13.8. The van der Waals surface area contributed by atoms with E-state index in [4.69, 9.17) is 23.2 Å². The number of fused-ring (bicyclic) bond motifs is 2. The molecule has 2 aromatic heterocycles. The van der Waals surface area contributed by atoms with Gasteiger partial charge in [-0.05, 0) is 104 Å². The van der Waals surface area contributed by atoms with Crippen LogP contribution in [0.3, 0.4) is 0 Å². The number of hydrogen-bond acceptors (Lipinski definition) is 7. The Morgan fingerprint density at radius 3 is 2.07 bits per heavy atom. The van der Waals surface area contributed by atoms with Crippen LogP contribution in [0.25, 0.3) is 0 Å². The third-order valence-corrected chi connectivity index (χ3v) is 13.7. The number of hydrogen-bond donors (Lipinski definition) is 2. The smallest absolute Gasteiger partial charge is 0.274 e. The lowest BCUT2D eigenvalue weighted by Gasteiger charge is -2.32. The van der Waals surface area contributed by atoms with Crippen molar-refractivity contribution in [2.45, 2.75) is 76.3 Å². The highest BCUT2D eigenvalue weighted by Crippen LogP contribution is 2.37. The average Bonchev–Trinajstić information content (AvgIpc) is 3.78. The van der Waals surface area contributed by atoms with Crippen LogP contribution in [0.5, 0.6) is 0 Å². The fourth-order valence-electron chi connectivity index (χ4n) is 8.73. The molecule has 9 rings (SSSR count). The molecule has 2 N–H and O–H groups in total. The second kappa shape index (κ2) is 17.2. The zero-order valence-corrected chi connectivity index (χ0v) is 34.0. The summed E-state index contributed by atoms with van der Waals surface area (Å²) < 4.78 is 29.6. The molecule has 0 radical (unpaired) electrons. The lowest BCUT2D eigenvalue weighted by Crippen LogP contribution is -2.39. The van der Waals surface area contributed by atoms with Gasteiger partial charge in [-0.25, -0.2) is 13.1 Å². The summed E-state index contributed by atoms with van der Waals surface area (Å²) in [6.07, 6.45) is 9.66. The molecular formula is C41H48Cl2F2N8O2S. The summed E-state index contributed by atoms with van der Waals surface area (Å²) in [5, 5.41) is 15.7. The highest BCUT2D eigenvalue weighted by atomic mass is 35.5. The van der Waals surface area contributed by atoms with Crippen molar-refractivity contribution in [3.63, 3.8) is 0 Å². The van der Waals surface area contributed by atoms with Gasteiger partial charge in [0.1, 0.15) is 11.6 Å². The van der Waals surface area contributed by atoms with E-state index in [1.807, 2.05) is 15.9 Å². The molecule has 4 aromatic rings. The van der Waals surface area contributed by atoms with E-state index in [1.54, 1.807) is 24.1 Å². The summed E-state index contributed by atoms with van der Waals surface area (Å²) in [5.74, 6) is 0.592. The second-order valence-electron chi connectivity index (χ2n) is 15.7. The number of H-pyrrole nitrogens is 2. The first-order valence-electron chi connectivity index (χ1n) is 19.8. The predicted octanol–water partition coefficient (Wildman–Crippen LogP) is 7.85. The fourth-order valence-corrected chi connectivity index (χ4v) is 9.81. The summed E-state index contributed by atoms with van der Waals surface area (Å²) in [5.41, 5.74) is 7.13. The Bertz CT molecular complexity index is 2060. The van der Waals surface area contributed by atoms with E-state index in [2.05, 4.69) is 35.9 Å². The van der Waals surface area contributed by atoms with Gasteiger partial charge in [0, 0.05) is 87.2 Å². The van der Waals surface area contributed by atoms with Crippen LogP contribution in [-0.2, 0) is 25.9 Å². The molecule has 10 nitrogen and oxygen atoms in total. The van der Waals surface area contributed by atoms with Crippen molar-refractivity contribution in [1.29, 1.82) is 0 Å². The number of halogens is 4. The Morgan fingerprint density at radius 2 is 1.41 bits per heavy atom. The lowest BCUT2D eigenvalue weighted by molar-refractivity contribution is 0.0698. The van der Waals surface area contributed by atoms with Crippen molar-refractivity contribution < 1.29 is 18.4 Å². The number of carbonyl (C=O) groups is 2. The SMILES string of the molecule is CSN1CCc2[nH]nc(C(=O)N3CCC(c4cc(F)ccc4Cl)CC3)c2C1.O=C(c1n[nH]c2c1CCN(CC1CC1)C2)N1CCC(c2cccc(F)c2Cl)CC1. The third kappa shape index (κ3) is 8.53. The highest BCUT2D eigenvalue weighted by molar-refractivity contribution is 7.96. The van der Waals surface area contributed by atoms with Gasteiger partial charge in [-0.1, -0.05) is 47.3 Å². The minimum Gasteiger partial charge on any atom is -0.337 e. The molecule has 3 fully saturated rings. The monoisotopic (exact) mass is 824 g/mol. The Hall–Kier alpha value is -3.49. The van der Waals surface area contributed by atoms with Crippen molar-refractivity contribution in [3.8, 4) is 0 Å². The lowest BCUT2D eigenvalue weighted by atomic mass is 9.89. The number of benzene rings is 2. The zero-order valence-electron chi connectivity index (χ0n) is 31.6. The Balaban J connectivity index is 0.000000158. The number of likely N-dealkylation sites (tertiary alicyclic amines) is 2. The maximum atomic E-state index is 13.8. The van der Waals surface area contributed by atoms with E-state index < -0.39 is 0 Å². The molecule has 0 spiro atoms. The number of amides is 2. The molecular weight excluding hydrogens is 777 g/mol. The van der Waals surface area contributed by atoms with Gasteiger partial charge in [0.2, 0.25) is 0 Å². The summed E-state index contributed by atoms with van der Waals surface area (Å²) in [6, 6.07) is 9.49. The number of aromatic nitrogens is 4. The summed E-state index contributed by atoms with van der Waals surface area (Å²) in [7, 11) is 0. The standard InChI is InChI=1S/C22H26ClFN4O.C19H22ClFN4OS/c23-20-16(2-1-3-18(20)24)15-6-10-28(11-7-15)22(29)21-17-8-9-27(12-14-4-5-14)13-19(17)25-26-21;1-27-25-9-6-17-15(11-25)18(23-22-17)19(26)24-7-4-12(5-8-24)14-10-13(21)2-3-16(14)20/h1-3,14-15H,4-13H2,(H,25,26);2-3,10,12H,4-9,11H2,1H3,(H,22,23). The molecule has 2 saturated heterocycles. The van der Waals surface area contributed by atoms with Gasteiger partial charge in [0.25, 0.3) is 11.8 Å². The molecule has 2 amide bonds. The van der Waals surface area contributed by atoms with Crippen LogP contribution in [0.4, 0.5) is 8.78 Å². The van der Waals surface area contributed by atoms with E-state index in [0.29, 0.717) is 42.6 Å². The van der Waals surface area contributed by atoms with Crippen molar-refractivity contribution in [3.05, 3.63) is 103 Å². The van der Waals surface area contributed by atoms with Crippen LogP contribution in [0.2, 0.25) is 10.0 Å². The van der Waals surface area contributed by atoms with Crippen LogP contribution in [-0.4, -0.2) is 103 Å². The van der Waals surface area contributed by atoms with Gasteiger partial charge in [-0.15, -0.1) is 0 Å². The Kier molecular flexibility index (Phi) is 12.1. The number of nitrogens with zero attached hydrogens (tertiary/aromatic N) is 6. The number of piperidine rings is 2. The van der Waals surface area contributed by atoms with Crippen LogP contribution >= 0.6 is 35.1 Å². The van der Waals surface area contributed by atoms with E-state index in [-0.39, 0.29) is 40.3 Å². The van der Waals surface area contributed by atoms with E-state index in [0.717, 1.165) is 111 Å². The van der Waals surface area contributed by atoms with E-state index >= 15 is 0 Å². The summed E-state index contributed by atoms with van der Waals surface area (Å²) in [4.78, 5) is 32.4. The maximum Gasteiger partial charge on any atom is 0.274 e. The Morgan fingerprint density at radius 1 is 0.768 bits per heavy atom. The zero-order chi connectivity index (χ0) is 38.9. The van der Waals surface area contributed by atoms with Crippen molar-refractivity contribution in [2.24, 2.45) is 5.92 Å². The van der Waals surface area contributed by atoms with Crippen molar-refractivity contribution in [2.75, 3.05) is 52.1 Å². The molecule has 0 atom stereocenters. The van der Waals surface area contributed by atoms with Crippen molar-refractivity contribution in [1.82, 2.24) is 39.4 Å². The molecule has 1 saturated carbocycles. The quantitative estimate of drug-likeness (QED) is 0.183. The van der Waals surface area contributed by atoms with Crippen LogP contribution in [0.15, 0.2) is 36.4 Å². The molecule has 15 heteroatoms. The summed E-state index contributed by atoms with van der Waals surface area (Å²) in [6.45, 7) is 7.28. The average molecular weight is 826 g/mol. The number of nitrogens with one attached hydrogen (secondary N) is 2. The minimum absolute atomic E-state index is 0.0146. The first-order valence-corrected chi connectivity index (χ1v) is 21.7. The van der Waals surface area contributed by atoms with Gasteiger partial charge >= 0.3 is 0 Å². The molecule has 0 bridgehead atoms. The first-order chi connectivity index (χ1) is 27.2. The number of rotatable bonds is 7. The van der Waals surface area contributed by atoms with Crippen LogP contribution in [0, 0.1) is 17.6 Å². The van der Waals surface area contributed by atoms with Crippen LogP contribution < -0.4 is 0 Å². The topological polar surface area (TPSA) is 104 Å². The molecule has 4 aliphatic heterocycles. The molecule has 0 unspecified atom stereocenters. The molecule has 6 heterocycles. The van der Waals surface area contributed by atoms with E-state index in [1.165, 1.54) is 31.0 Å². The second-order valence-corrected chi connectivity index (χ2v) is 17.4. The fraction of sp³-hybridized carbons (Fsp3) is 0.512. The number of carbonyl (C=O) groups excluding carboxylic acids is 2. The normalized spacial score (nSPS) is 19.7. The highest BCUT2D eigenvalue weighted by Gasteiger charge is 2.34. The minimum atomic E-state index is -0.374. The Labute approximate surface area is 340 Å². The predicted molar refractivity (Wildman–Crippen MR) is 215 cm³/mol. The van der Waals surface area contributed by atoms with Gasteiger partial charge in [0.05, 0.1) is 10.7 Å². The van der Waals surface area contributed by atoms with Gasteiger partial charge < -0.3 is 9.80 Å². The van der Waals surface area contributed by atoms with E-state index in [9.17, 15) is 18.4 Å². The van der Waals surface area contributed by atoms with Gasteiger partial charge in [-0.2, -0.15) is 10.2 Å². The molecule has 56 heavy (non-hydrogen) atoms. The summed E-state index contributed by atoms with van der Waals surface area (Å²) >= 11 is 14.1. The molecule has 1 aliphatic carbocycles. The van der Waals surface area contributed by atoms with Gasteiger partial charge in [-0.3, -0.25) is 24.7 Å². The number of aromatic amines is 2.